The van der Waals surface area contributed by atoms with Gasteiger partial charge in [-0.25, -0.2) is 0 Å². The van der Waals surface area contributed by atoms with Crippen molar-refractivity contribution < 1.29 is 4.74 Å². The molecule has 0 spiro atoms. The van der Waals surface area contributed by atoms with E-state index in [0.29, 0.717) is 0 Å². The summed E-state index contributed by atoms with van der Waals surface area (Å²) in [6.07, 6.45) is 0.804. The molecule has 90 valence electrons. The van der Waals surface area contributed by atoms with Crippen molar-refractivity contribution in [3.05, 3.63) is 39.8 Å². The second-order valence-electron chi connectivity index (χ2n) is 3.65. The average molecular weight is 249 g/mol. The van der Waals surface area contributed by atoms with Gasteiger partial charge in [-0.3, -0.25) is 0 Å². The Labute approximate surface area is 105 Å². The Morgan fingerprint density at radius 1 is 1.29 bits per heavy atom. The Morgan fingerprint density at radius 3 is 2.88 bits per heavy atom. The van der Waals surface area contributed by atoms with E-state index in [0.717, 1.165) is 28.7 Å². The number of rotatable bonds is 5. The third-order valence-corrected chi connectivity index (χ3v) is 3.25. The third-order valence-electron chi connectivity index (χ3n) is 2.33. The zero-order valence-electron chi connectivity index (χ0n) is 9.93. The van der Waals surface area contributed by atoms with Gasteiger partial charge in [0.15, 0.2) is 0 Å². The minimum absolute atomic E-state index is 0.774. The number of nitrogens with zero attached hydrogens (tertiary/aromatic N) is 2. The first-order valence-electron chi connectivity index (χ1n) is 5.40. The lowest BCUT2D eigenvalue weighted by molar-refractivity contribution is 0.414. The predicted molar refractivity (Wildman–Crippen MR) is 68.5 cm³/mol. The molecule has 17 heavy (non-hydrogen) atoms. The van der Waals surface area contributed by atoms with E-state index in [4.69, 9.17) is 4.74 Å². The zero-order chi connectivity index (χ0) is 12.1. The summed E-state index contributed by atoms with van der Waals surface area (Å²) in [5, 5.41) is 13.4. The molecule has 0 bridgehead atoms. The summed E-state index contributed by atoms with van der Waals surface area (Å²) in [4.78, 5) is 0. The molecule has 0 unspecified atom stereocenters. The van der Waals surface area contributed by atoms with E-state index >= 15 is 0 Å². The third kappa shape index (κ3) is 3.25. The van der Waals surface area contributed by atoms with Crippen LogP contribution >= 0.6 is 11.3 Å². The van der Waals surface area contributed by atoms with E-state index in [1.54, 1.807) is 18.4 Å². The van der Waals surface area contributed by atoms with Crippen LogP contribution in [0.3, 0.4) is 0 Å². The van der Waals surface area contributed by atoms with Crippen LogP contribution in [0.5, 0.6) is 5.75 Å². The first-order valence-corrected chi connectivity index (χ1v) is 6.22. The van der Waals surface area contributed by atoms with Crippen molar-refractivity contribution >= 4 is 11.3 Å². The Bertz CT molecular complexity index is 484. The van der Waals surface area contributed by atoms with E-state index in [9.17, 15) is 0 Å². The molecule has 0 saturated heterocycles. The molecule has 0 aliphatic heterocycles. The normalized spacial score (nSPS) is 10.5. The summed E-state index contributed by atoms with van der Waals surface area (Å²) in [6, 6.07) is 8.03. The van der Waals surface area contributed by atoms with Gasteiger partial charge in [0.05, 0.1) is 7.11 Å². The van der Waals surface area contributed by atoms with Gasteiger partial charge in [-0.1, -0.05) is 23.5 Å². The maximum Gasteiger partial charge on any atom is 0.131 e. The average Bonchev–Trinajstić information content (AvgIpc) is 2.77. The highest BCUT2D eigenvalue weighted by atomic mass is 32.1. The molecule has 0 aliphatic rings. The molecule has 5 heteroatoms. The second kappa shape index (κ2) is 5.75. The monoisotopic (exact) mass is 249 g/mol. The van der Waals surface area contributed by atoms with Crippen molar-refractivity contribution in [2.45, 2.75) is 13.0 Å². The smallest absolute Gasteiger partial charge is 0.131 e. The SMILES string of the molecule is CNCc1nnc(Cc2cccc(OC)c2)s1. The Morgan fingerprint density at radius 2 is 2.12 bits per heavy atom. The highest BCUT2D eigenvalue weighted by Gasteiger charge is 2.05. The molecule has 0 atom stereocenters. The van der Waals surface area contributed by atoms with Crippen LogP contribution in [0.1, 0.15) is 15.6 Å². The first kappa shape index (κ1) is 12.0. The second-order valence-corrected chi connectivity index (χ2v) is 4.79. The predicted octanol–water partition coefficient (Wildman–Crippen LogP) is 1.86. The number of aromatic nitrogens is 2. The van der Waals surface area contributed by atoms with Crippen LogP contribution < -0.4 is 10.1 Å². The number of ether oxygens (including phenoxy) is 1. The highest BCUT2D eigenvalue weighted by Crippen LogP contribution is 2.18. The van der Waals surface area contributed by atoms with Crippen LogP contribution in [0, 0.1) is 0 Å². The summed E-state index contributed by atoms with van der Waals surface area (Å²) in [5.74, 6) is 0.877. The molecular formula is C12H15N3OS. The first-order chi connectivity index (χ1) is 8.31. The van der Waals surface area contributed by atoms with E-state index in [2.05, 4.69) is 21.6 Å². The molecule has 4 nitrogen and oxygen atoms in total. The van der Waals surface area contributed by atoms with Crippen molar-refractivity contribution in [2.24, 2.45) is 0 Å². The maximum absolute atomic E-state index is 5.19. The Hall–Kier alpha value is -1.46. The molecule has 1 N–H and O–H groups in total. The molecule has 0 fully saturated rings. The van der Waals surface area contributed by atoms with Gasteiger partial charge in [0, 0.05) is 13.0 Å². The van der Waals surface area contributed by atoms with E-state index in [1.807, 2.05) is 25.2 Å². The number of hydrogen-bond donors (Lipinski definition) is 1. The molecule has 0 aliphatic carbocycles. The summed E-state index contributed by atoms with van der Waals surface area (Å²) in [6.45, 7) is 0.774. The highest BCUT2D eigenvalue weighted by molar-refractivity contribution is 7.11. The van der Waals surface area contributed by atoms with E-state index in [1.165, 1.54) is 5.56 Å². The minimum atomic E-state index is 0.774. The molecule has 1 aromatic heterocycles. The van der Waals surface area contributed by atoms with Gasteiger partial charge in [-0.05, 0) is 24.7 Å². The van der Waals surface area contributed by atoms with Crippen LogP contribution in [0.25, 0.3) is 0 Å². The minimum Gasteiger partial charge on any atom is -0.497 e. The molecule has 2 aromatic rings. The van der Waals surface area contributed by atoms with Crippen molar-refractivity contribution in [1.29, 1.82) is 0 Å². The molecular weight excluding hydrogens is 234 g/mol. The molecule has 0 radical (unpaired) electrons. The van der Waals surface area contributed by atoms with Gasteiger partial charge < -0.3 is 10.1 Å². The molecule has 2 rings (SSSR count). The molecule has 0 saturated carbocycles. The molecule has 1 heterocycles. The standard InChI is InChI=1S/C12H15N3OS/c1-13-8-12-15-14-11(17-12)7-9-4-3-5-10(6-9)16-2/h3-6,13H,7-8H2,1-2H3. The lowest BCUT2D eigenvalue weighted by Crippen LogP contribution is -2.04. The fraction of sp³-hybridized carbons (Fsp3) is 0.333. The van der Waals surface area contributed by atoms with Crippen molar-refractivity contribution in [2.75, 3.05) is 14.2 Å². The zero-order valence-corrected chi connectivity index (χ0v) is 10.8. The number of methoxy groups -OCH3 is 1. The molecule has 0 amide bonds. The van der Waals surface area contributed by atoms with Gasteiger partial charge in [-0.2, -0.15) is 0 Å². The Balaban J connectivity index is 2.08. The largest absolute Gasteiger partial charge is 0.497 e. The molecule has 1 aromatic carbocycles. The van der Waals surface area contributed by atoms with Gasteiger partial charge >= 0.3 is 0 Å². The topological polar surface area (TPSA) is 47.0 Å². The van der Waals surface area contributed by atoms with Crippen LogP contribution in [-0.2, 0) is 13.0 Å². The van der Waals surface area contributed by atoms with Gasteiger partial charge in [0.25, 0.3) is 0 Å². The fourth-order valence-corrected chi connectivity index (χ4v) is 2.43. The maximum atomic E-state index is 5.19. The number of nitrogens with one attached hydrogen (secondary N) is 1. The summed E-state index contributed by atoms with van der Waals surface area (Å²) < 4.78 is 5.19. The lowest BCUT2D eigenvalue weighted by Gasteiger charge is -2.01. The quantitative estimate of drug-likeness (QED) is 0.878. The van der Waals surface area contributed by atoms with E-state index in [-0.39, 0.29) is 0 Å². The summed E-state index contributed by atoms with van der Waals surface area (Å²) in [5.41, 5.74) is 1.19. The van der Waals surface area contributed by atoms with E-state index < -0.39 is 0 Å². The van der Waals surface area contributed by atoms with Crippen molar-refractivity contribution in [3.63, 3.8) is 0 Å². The summed E-state index contributed by atoms with van der Waals surface area (Å²) >= 11 is 1.64. The number of hydrogen-bond acceptors (Lipinski definition) is 5. The summed E-state index contributed by atoms with van der Waals surface area (Å²) in [7, 11) is 3.58. The number of benzene rings is 1. The van der Waals surface area contributed by atoms with Crippen LogP contribution in [0.15, 0.2) is 24.3 Å². The lowest BCUT2D eigenvalue weighted by atomic mass is 10.1. The van der Waals surface area contributed by atoms with Crippen LogP contribution in [0.2, 0.25) is 0 Å². The van der Waals surface area contributed by atoms with Crippen LogP contribution in [0.4, 0.5) is 0 Å². The van der Waals surface area contributed by atoms with Gasteiger partial charge in [0.1, 0.15) is 15.8 Å². The van der Waals surface area contributed by atoms with Crippen molar-refractivity contribution in [3.8, 4) is 5.75 Å². The Kier molecular flexibility index (Phi) is 4.06. The fourth-order valence-electron chi connectivity index (χ4n) is 1.54. The van der Waals surface area contributed by atoms with Gasteiger partial charge in [0.2, 0.25) is 0 Å². The van der Waals surface area contributed by atoms with Crippen LogP contribution in [-0.4, -0.2) is 24.4 Å². The van der Waals surface area contributed by atoms with Crippen molar-refractivity contribution in [1.82, 2.24) is 15.5 Å². The van der Waals surface area contributed by atoms with Gasteiger partial charge in [-0.15, -0.1) is 10.2 Å².